The lowest BCUT2D eigenvalue weighted by atomic mass is 10.1. The number of hydrogen-bond donors (Lipinski definition) is 2. The zero-order chi connectivity index (χ0) is 19.8. The van der Waals surface area contributed by atoms with E-state index in [2.05, 4.69) is 39.9 Å². The topological polar surface area (TPSA) is 64.1 Å². The Balaban J connectivity index is 1.46. The van der Waals surface area contributed by atoms with Crippen molar-refractivity contribution in [1.82, 2.24) is 10.6 Å². The highest BCUT2D eigenvalue weighted by molar-refractivity contribution is 5.79. The highest BCUT2D eigenvalue weighted by Crippen LogP contribution is 2.30. The number of nitrogens with one attached hydrogen (secondary N) is 2. The first-order valence-corrected chi connectivity index (χ1v) is 9.66. The highest BCUT2D eigenvalue weighted by atomic mass is 16.6. The highest BCUT2D eigenvalue weighted by Gasteiger charge is 2.20. The van der Waals surface area contributed by atoms with Gasteiger partial charge in [0.05, 0.1) is 19.3 Å². The number of ether oxygens (including phenoxy) is 3. The predicted octanol–water partition coefficient (Wildman–Crippen LogP) is 3.12. The zero-order valence-corrected chi connectivity index (χ0v) is 16.8. The van der Waals surface area contributed by atoms with Crippen LogP contribution in [0.3, 0.4) is 0 Å². The molecule has 28 heavy (non-hydrogen) atoms. The van der Waals surface area contributed by atoms with Crippen molar-refractivity contribution in [3.63, 3.8) is 0 Å². The second-order valence-electron chi connectivity index (χ2n) is 6.98. The third-order valence-electron chi connectivity index (χ3n) is 4.32. The van der Waals surface area contributed by atoms with Crippen LogP contribution in [0, 0.1) is 0 Å². The molecule has 6 nitrogen and oxygen atoms in total. The van der Waals surface area contributed by atoms with Crippen molar-refractivity contribution < 1.29 is 14.2 Å². The third-order valence-corrected chi connectivity index (χ3v) is 4.32. The van der Waals surface area contributed by atoms with Gasteiger partial charge in [0.25, 0.3) is 0 Å². The van der Waals surface area contributed by atoms with E-state index in [4.69, 9.17) is 14.2 Å². The molecule has 2 aromatic carbocycles. The molecule has 0 aliphatic carbocycles. The van der Waals surface area contributed by atoms with Crippen molar-refractivity contribution in [1.29, 1.82) is 0 Å². The molecule has 0 spiro atoms. The minimum absolute atomic E-state index is 0.0649. The molecule has 0 saturated heterocycles. The van der Waals surface area contributed by atoms with Crippen LogP contribution in [0.25, 0.3) is 0 Å². The number of rotatable bonds is 7. The summed E-state index contributed by atoms with van der Waals surface area (Å²) in [6.45, 7) is 6.51. The summed E-state index contributed by atoms with van der Waals surface area (Å²) in [4.78, 5) is 4.29. The van der Waals surface area contributed by atoms with Gasteiger partial charge in [-0.25, -0.2) is 0 Å². The molecule has 2 N–H and O–H groups in total. The van der Waals surface area contributed by atoms with Crippen LogP contribution in [0.5, 0.6) is 11.5 Å². The summed E-state index contributed by atoms with van der Waals surface area (Å²) in [5.74, 6) is 2.30. The summed E-state index contributed by atoms with van der Waals surface area (Å²) in [6, 6.07) is 16.1. The second kappa shape index (κ2) is 9.99. The van der Waals surface area contributed by atoms with E-state index < -0.39 is 0 Å². The van der Waals surface area contributed by atoms with Crippen LogP contribution in [-0.4, -0.2) is 38.4 Å². The molecule has 0 fully saturated rings. The Kier molecular flexibility index (Phi) is 7.14. The molecule has 1 atom stereocenters. The van der Waals surface area contributed by atoms with Crippen LogP contribution in [0.1, 0.15) is 25.0 Å². The zero-order valence-electron chi connectivity index (χ0n) is 16.8. The van der Waals surface area contributed by atoms with Gasteiger partial charge in [0.2, 0.25) is 0 Å². The Morgan fingerprint density at radius 1 is 1.11 bits per heavy atom. The summed E-state index contributed by atoms with van der Waals surface area (Å²) >= 11 is 0. The van der Waals surface area contributed by atoms with Crippen LogP contribution in [0.2, 0.25) is 0 Å². The molecule has 1 heterocycles. The Morgan fingerprint density at radius 3 is 2.68 bits per heavy atom. The van der Waals surface area contributed by atoms with Crippen LogP contribution >= 0.6 is 0 Å². The lowest BCUT2D eigenvalue weighted by Crippen LogP contribution is -2.45. The monoisotopic (exact) mass is 383 g/mol. The molecule has 6 heteroatoms. The number of benzene rings is 2. The third kappa shape index (κ3) is 5.89. The number of fused-ring (bicyclic) bond motifs is 1. The van der Waals surface area contributed by atoms with E-state index >= 15 is 0 Å². The molecule has 0 radical (unpaired) electrons. The summed E-state index contributed by atoms with van der Waals surface area (Å²) < 4.78 is 17.4. The Morgan fingerprint density at radius 2 is 1.89 bits per heavy atom. The Hall–Kier alpha value is -2.73. The molecule has 1 aliphatic heterocycles. The van der Waals surface area contributed by atoms with Gasteiger partial charge < -0.3 is 24.8 Å². The van der Waals surface area contributed by atoms with Gasteiger partial charge in [-0.1, -0.05) is 36.4 Å². The van der Waals surface area contributed by atoms with Crippen molar-refractivity contribution in [3.8, 4) is 11.5 Å². The summed E-state index contributed by atoms with van der Waals surface area (Å²) in [5, 5.41) is 6.64. The maximum atomic E-state index is 5.97. The van der Waals surface area contributed by atoms with E-state index in [-0.39, 0.29) is 12.2 Å². The smallest absolute Gasteiger partial charge is 0.191 e. The van der Waals surface area contributed by atoms with Crippen molar-refractivity contribution >= 4 is 5.96 Å². The molecule has 0 aromatic heterocycles. The fourth-order valence-electron chi connectivity index (χ4n) is 2.87. The van der Waals surface area contributed by atoms with Crippen molar-refractivity contribution in [2.45, 2.75) is 39.2 Å². The van der Waals surface area contributed by atoms with Gasteiger partial charge in [-0.15, -0.1) is 0 Å². The SMILES string of the molecule is CN=C(NCc1cccc(COC(C)C)c1)NCC1COc2ccccc2O1. The first-order valence-electron chi connectivity index (χ1n) is 9.66. The van der Waals surface area contributed by atoms with Gasteiger partial charge in [-0.3, -0.25) is 4.99 Å². The average molecular weight is 383 g/mol. The molecule has 0 saturated carbocycles. The maximum Gasteiger partial charge on any atom is 0.191 e. The molecule has 1 unspecified atom stereocenters. The number of aliphatic imine (C=N–C) groups is 1. The summed E-state index contributed by atoms with van der Waals surface area (Å²) in [7, 11) is 1.76. The number of nitrogens with zero attached hydrogens (tertiary/aromatic N) is 1. The van der Waals surface area contributed by atoms with Gasteiger partial charge >= 0.3 is 0 Å². The van der Waals surface area contributed by atoms with Crippen LogP contribution in [0.4, 0.5) is 0 Å². The Bertz CT molecular complexity index is 792. The minimum Gasteiger partial charge on any atom is -0.486 e. The van der Waals surface area contributed by atoms with E-state index in [1.165, 1.54) is 11.1 Å². The fraction of sp³-hybridized carbons (Fsp3) is 0.409. The van der Waals surface area contributed by atoms with E-state index in [9.17, 15) is 0 Å². The van der Waals surface area contributed by atoms with Gasteiger partial charge in [0.1, 0.15) is 12.7 Å². The second-order valence-corrected chi connectivity index (χ2v) is 6.98. The molecular weight excluding hydrogens is 354 g/mol. The molecule has 0 bridgehead atoms. The minimum atomic E-state index is -0.0649. The summed E-state index contributed by atoms with van der Waals surface area (Å²) in [6.07, 6.45) is 0.160. The van der Waals surface area contributed by atoms with Gasteiger partial charge in [0, 0.05) is 13.6 Å². The fourth-order valence-corrected chi connectivity index (χ4v) is 2.87. The van der Waals surface area contributed by atoms with E-state index in [1.807, 2.05) is 38.1 Å². The van der Waals surface area contributed by atoms with Crippen molar-refractivity contribution in [2.24, 2.45) is 4.99 Å². The largest absolute Gasteiger partial charge is 0.486 e. The van der Waals surface area contributed by atoms with E-state index in [0.29, 0.717) is 26.3 Å². The first kappa shape index (κ1) is 20.0. The number of guanidine groups is 1. The van der Waals surface area contributed by atoms with Crippen LogP contribution < -0.4 is 20.1 Å². The molecule has 150 valence electrons. The average Bonchev–Trinajstić information content (AvgIpc) is 2.72. The van der Waals surface area contributed by atoms with E-state index in [1.54, 1.807) is 7.05 Å². The standard InChI is InChI=1S/C22H29N3O3/c1-16(2)26-14-18-8-6-7-17(11-18)12-24-22(23-3)25-13-19-15-27-20-9-4-5-10-21(20)28-19/h4-11,16,19H,12-15H2,1-3H3,(H2,23,24,25). The number of para-hydroxylation sites is 2. The lowest BCUT2D eigenvalue weighted by molar-refractivity contribution is 0.0657. The normalized spacial score (nSPS) is 16.1. The predicted molar refractivity (Wildman–Crippen MR) is 111 cm³/mol. The van der Waals surface area contributed by atoms with Gasteiger partial charge in [-0.05, 0) is 37.1 Å². The quantitative estimate of drug-likeness (QED) is 0.568. The first-order chi connectivity index (χ1) is 13.6. The van der Waals surface area contributed by atoms with Gasteiger partial charge in [-0.2, -0.15) is 0 Å². The van der Waals surface area contributed by atoms with Crippen molar-refractivity contribution in [3.05, 3.63) is 59.7 Å². The van der Waals surface area contributed by atoms with Gasteiger partial charge in [0.15, 0.2) is 17.5 Å². The van der Waals surface area contributed by atoms with Crippen molar-refractivity contribution in [2.75, 3.05) is 20.2 Å². The summed E-state index contributed by atoms with van der Waals surface area (Å²) in [5.41, 5.74) is 2.35. The lowest BCUT2D eigenvalue weighted by Gasteiger charge is -2.27. The molecule has 0 amide bonds. The van der Waals surface area contributed by atoms with Crippen LogP contribution in [-0.2, 0) is 17.9 Å². The Labute approximate surface area is 166 Å². The molecule has 3 rings (SSSR count). The number of hydrogen-bond acceptors (Lipinski definition) is 4. The van der Waals surface area contributed by atoms with E-state index in [0.717, 1.165) is 17.5 Å². The molecule has 1 aliphatic rings. The van der Waals surface area contributed by atoms with Crippen LogP contribution in [0.15, 0.2) is 53.5 Å². The molecular formula is C22H29N3O3. The molecule has 2 aromatic rings. The maximum absolute atomic E-state index is 5.97.